The van der Waals surface area contributed by atoms with Gasteiger partial charge in [-0.15, -0.1) is 5.10 Å². The van der Waals surface area contributed by atoms with Crippen LogP contribution in [0, 0.1) is 11.3 Å². The van der Waals surface area contributed by atoms with Gasteiger partial charge in [-0.25, -0.2) is 0 Å². The average molecular weight is 216 g/mol. The predicted molar refractivity (Wildman–Crippen MR) is 56.9 cm³/mol. The zero-order chi connectivity index (χ0) is 11.0. The zero-order valence-corrected chi connectivity index (χ0v) is 8.83. The Morgan fingerprint density at radius 2 is 2.12 bits per heavy atom. The highest BCUT2D eigenvalue weighted by Gasteiger charge is 2.34. The first-order valence-corrected chi connectivity index (χ1v) is 5.49. The van der Waals surface area contributed by atoms with Gasteiger partial charge in [0.2, 0.25) is 0 Å². The second kappa shape index (κ2) is 3.72. The maximum atomic E-state index is 9.02. The second-order valence-corrected chi connectivity index (χ2v) is 4.24. The molecule has 2 atom stereocenters. The van der Waals surface area contributed by atoms with Crippen LogP contribution >= 0.6 is 0 Å². The molecule has 0 aromatic carbocycles. The molecular weight excluding hydrogens is 204 g/mol. The lowest BCUT2D eigenvalue weighted by atomic mass is 10.2. The molecule has 1 aromatic heterocycles. The molecule has 0 aliphatic carbocycles. The number of fused-ring (bicyclic) bond motifs is 2. The molecule has 82 valence electrons. The van der Waals surface area contributed by atoms with Crippen molar-refractivity contribution < 1.29 is 4.74 Å². The minimum atomic E-state index is 0.298. The zero-order valence-electron chi connectivity index (χ0n) is 8.83. The average Bonchev–Trinajstić information content (AvgIpc) is 2.68. The van der Waals surface area contributed by atoms with Crippen molar-refractivity contribution in [1.82, 2.24) is 10.2 Å². The summed E-state index contributed by atoms with van der Waals surface area (Å²) < 4.78 is 5.75. The van der Waals surface area contributed by atoms with E-state index < -0.39 is 0 Å². The molecule has 1 aromatic rings. The van der Waals surface area contributed by atoms with Crippen LogP contribution in [0.3, 0.4) is 0 Å². The van der Waals surface area contributed by atoms with Gasteiger partial charge in [0, 0.05) is 13.1 Å². The van der Waals surface area contributed by atoms with E-state index in [-0.39, 0.29) is 0 Å². The maximum Gasteiger partial charge on any atom is 0.169 e. The minimum Gasteiger partial charge on any atom is -0.371 e. The molecule has 2 bridgehead atoms. The van der Waals surface area contributed by atoms with Crippen molar-refractivity contribution in [3.05, 3.63) is 17.8 Å². The van der Waals surface area contributed by atoms with Gasteiger partial charge in [0.15, 0.2) is 5.82 Å². The van der Waals surface area contributed by atoms with Crippen molar-refractivity contribution in [3.8, 4) is 6.07 Å². The molecule has 0 amide bonds. The third-order valence-electron chi connectivity index (χ3n) is 3.16. The first kappa shape index (κ1) is 9.55. The summed E-state index contributed by atoms with van der Waals surface area (Å²) in [7, 11) is 0. The van der Waals surface area contributed by atoms with Crippen LogP contribution in [0.4, 0.5) is 5.82 Å². The molecule has 2 aliphatic heterocycles. The van der Waals surface area contributed by atoms with Crippen molar-refractivity contribution in [3.63, 3.8) is 0 Å². The van der Waals surface area contributed by atoms with Gasteiger partial charge in [0.1, 0.15) is 6.07 Å². The molecule has 16 heavy (non-hydrogen) atoms. The fraction of sp³-hybridized carbons (Fsp3) is 0.545. The van der Waals surface area contributed by atoms with E-state index in [1.807, 2.05) is 0 Å². The first-order valence-electron chi connectivity index (χ1n) is 5.49. The summed E-state index contributed by atoms with van der Waals surface area (Å²) in [5.74, 6) is 0.699. The van der Waals surface area contributed by atoms with E-state index in [0.29, 0.717) is 23.6 Å². The molecule has 0 N–H and O–H groups in total. The molecule has 0 saturated carbocycles. The van der Waals surface area contributed by atoms with Crippen molar-refractivity contribution in [2.45, 2.75) is 25.0 Å². The van der Waals surface area contributed by atoms with Crippen LogP contribution in [0.2, 0.25) is 0 Å². The van der Waals surface area contributed by atoms with Crippen LogP contribution in [-0.4, -0.2) is 35.5 Å². The lowest BCUT2D eigenvalue weighted by molar-refractivity contribution is 0.0301. The Hall–Kier alpha value is -1.67. The number of morpholine rings is 1. The van der Waals surface area contributed by atoms with Gasteiger partial charge in [-0.05, 0) is 18.9 Å². The lowest BCUT2D eigenvalue weighted by Gasteiger charge is -2.32. The molecule has 3 rings (SSSR count). The molecule has 2 fully saturated rings. The Labute approximate surface area is 93.6 Å². The highest BCUT2D eigenvalue weighted by molar-refractivity contribution is 5.53. The van der Waals surface area contributed by atoms with Crippen molar-refractivity contribution in [2.75, 3.05) is 18.0 Å². The van der Waals surface area contributed by atoms with E-state index in [9.17, 15) is 0 Å². The van der Waals surface area contributed by atoms with Crippen LogP contribution < -0.4 is 4.90 Å². The SMILES string of the molecule is N#Cc1ccnnc1N1CC2CCC(C1)O2. The fourth-order valence-electron chi connectivity index (χ4n) is 2.43. The van der Waals surface area contributed by atoms with Gasteiger partial charge in [-0.3, -0.25) is 0 Å². The summed E-state index contributed by atoms with van der Waals surface area (Å²) in [4.78, 5) is 2.12. The Bertz CT molecular complexity index is 430. The minimum absolute atomic E-state index is 0.298. The number of rotatable bonds is 1. The highest BCUT2D eigenvalue weighted by atomic mass is 16.5. The van der Waals surface area contributed by atoms with Crippen LogP contribution in [0.5, 0.6) is 0 Å². The number of hydrogen-bond donors (Lipinski definition) is 0. The van der Waals surface area contributed by atoms with Gasteiger partial charge in [0.25, 0.3) is 0 Å². The normalized spacial score (nSPS) is 27.8. The first-order chi connectivity index (χ1) is 7.86. The summed E-state index contributed by atoms with van der Waals surface area (Å²) in [6.45, 7) is 1.65. The second-order valence-electron chi connectivity index (χ2n) is 4.24. The molecule has 2 aliphatic rings. The van der Waals surface area contributed by atoms with Crippen LogP contribution in [0.15, 0.2) is 12.3 Å². The van der Waals surface area contributed by atoms with E-state index in [2.05, 4.69) is 21.2 Å². The van der Waals surface area contributed by atoms with E-state index in [0.717, 1.165) is 25.9 Å². The Morgan fingerprint density at radius 3 is 2.81 bits per heavy atom. The smallest absolute Gasteiger partial charge is 0.169 e. The molecule has 5 nitrogen and oxygen atoms in total. The number of anilines is 1. The van der Waals surface area contributed by atoms with Crippen LogP contribution in [0.1, 0.15) is 18.4 Å². The van der Waals surface area contributed by atoms with Crippen LogP contribution in [0.25, 0.3) is 0 Å². The third kappa shape index (κ3) is 1.51. The molecule has 3 heterocycles. The standard InChI is InChI=1S/C11H12N4O/c12-5-8-3-4-13-14-11(8)15-6-9-1-2-10(7-15)16-9/h3-4,9-10H,1-2,6-7H2. The van der Waals surface area contributed by atoms with E-state index in [1.54, 1.807) is 12.3 Å². The van der Waals surface area contributed by atoms with Crippen LogP contribution in [-0.2, 0) is 4.74 Å². The summed E-state index contributed by atoms with van der Waals surface area (Å²) in [5, 5.41) is 16.9. The molecule has 2 saturated heterocycles. The number of ether oxygens (including phenoxy) is 1. The summed E-state index contributed by atoms with van der Waals surface area (Å²) >= 11 is 0. The fourth-order valence-corrected chi connectivity index (χ4v) is 2.43. The predicted octanol–water partition coefficient (Wildman–Crippen LogP) is 0.716. The maximum absolute atomic E-state index is 9.02. The quantitative estimate of drug-likeness (QED) is 0.692. The van der Waals surface area contributed by atoms with Gasteiger partial charge < -0.3 is 9.64 Å². The number of nitrogens with zero attached hydrogens (tertiary/aromatic N) is 4. The number of nitriles is 1. The van der Waals surface area contributed by atoms with Gasteiger partial charge >= 0.3 is 0 Å². The topological polar surface area (TPSA) is 62.0 Å². The van der Waals surface area contributed by atoms with Crippen molar-refractivity contribution >= 4 is 5.82 Å². The van der Waals surface area contributed by atoms with Crippen molar-refractivity contribution in [2.24, 2.45) is 0 Å². The number of hydrogen-bond acceptors (Lipinski definition) is 5. The number of aromatic nitrogens is 2. The molecule has 0 spiro atoms. The third-order valence-corrected chi connectivity index (χ3v) is 3.16. The molecule has 5 heteroatoms. The highest BCUT2D eigenvalue weighted by Crippen LogP contribution is 2.29. The van der Waals surface area contributed by atoms with Crippen molar-refractivity contribution in [1.29, 1.82) is 5.26 Å². The largest absolute Gasteiger partial charge is 0.371 e. The molecular formula is C11H12N4O. The van der Waals surface area contributed by atoms with Gasteiger partial charge in [-0.2, -0.15) is 10.4 Å². The van der Waals surface area contributed by atoms with E-state index in [4.69, 9.17) is 10.00 Å². The monoisotopic (exact) mass is 216 g/mol. The van der Waals surface area contributed by atoms with E-state index >= 15 is 0 Å². The Balaban J connectivity index is 1.90. The lowest BCUT2D eigenvalue weighted by Crippen LogP contribution is -2.43. The Morgan fingerprint density at radius 1 is 1.38 bits per heavy atom. The molecule has 2 unspecified atom stereocenters. The van der Waals surface area contributed by atoms with E-state index in [1.165, 1.54) is 0 Å². The van der Waals surface area contributed by atoms with Gasteiger partial charge in [-0.1, -0.05) is 0 Å². The van der Waals surface area contributed by atoms with Gasteiger partial charge in [0.05, 0.1) is 24.0 Å². The Kier molecular flexibility index (Phi) is 2.22. The molecule has 0 radical (unpaired) electrons. The summed E-state index contributed by atoms with van der Waals surface area (Å²) in [6, 6.07) is 3.87. The summed E-state index contributed by atoms with van der Waals surface area (Å²) in [6.07, 6.45) is 4.38. The summed E-state index contributed by atoms with van der Waals surface area (Å²) in [5.41, 5.74) is 0.594.